The van der Waals surface area contributed by atoms with Crippen LogP contribution in [-0.2, 0) is 4.74 Å². The van der Waals surface area contributed by atoms with Crippen LogP contribution in [0.3, 0.4) is 0 Å². The van der Waals surface area contributed by atoms with Gasteiger partial charge in [-0.05, 0) is 75.1 Å². The Morgan fingerprint density at radius 1 is 1.10 bits per heavy atom. The predicted molar refractivity (Wildman–Crippen MR) is 130 cm³/mol. The molecule has 0 fully saturated rings. The molecule has 0 saturated carbocycles. The minimum absolute atomic E-state index is 0.0551. The molecule has 31 heavy (non-hydrogen) atoms. The molecule has 2 aromatic rings. The van der Waals surface area contributed by atoms with Crippen molar-refractivity contribution in [3.05, 3.63) is 68.7 Å². The van der Waals surface area contributed by atoms with Gasteiger partial charge < -0.3 is 15.0 Å². The van der Waals surface area contributed by atoms with Crippen LogP contribution in [0.15, 0.2) is 42.5 Å². The Bertz CT molecular complexity index is 999. The summed E-state index contributed by atoms with van der Waals surface area (Å²) in [6.45, 7) is 8.77. The van der Waals surface area contributed by atoms with Gasteiger partial charge in [0.25, 0.3) is 0 Å². The van der Waals surface area contributed by atoms with Gasteiger partial charge >= 0.3 is 6.09 Å². The van der Waals surface area contributed by atoms with E-state index in [2.05, 4.69) is 11.4 Å². The van der Waals surface area contributed by atoms with Crippen LogP contribution in [-0.4, -0.2) is 29.7 Å². The van der Waals surface area contributed by atoms with Gasteiger partial charge in [0, 0.05) is 23.1 Å². The average Bonchev–Trinajstić information content (AvgIpc) is 2.68. The van der Waals surface area contributed by atoms with E-state index in [0.717, 1.165) is 23.2 Å². The third-order valence-electron chi connectivity index (χ3n) is 5.00. The number of carbonyl (C=O) groups is 1. The molecule has 3 rings (SSSR count). The van der Waals surface area contributed by atoms with Gasteiger partial charge in [-0.25, -0.2) is 4.79 Å². The summed E-state index contributed by atoms with van der Waals surface area (Å²) in [5, 5.41) is 5.29. The number of nitrogens with zero attached hydrogens (tertiary/aromatic N) is 1. The maximum Gasteiger partial charge on any atom is 0.410 e. The molecule has 0 spiro atoms. The van der Waals surface area contributed by atoms with Crippen LogP contribution in [0.2, 0.25) is 15.1 Å². The van der Waals surface area contributed by atoms with E-state index in [1.807, 2.05) is 58.0 Å². The van der Waals surface area contributed by atoms with Gasteiger partial charge in [0.15, 0.2) is 0 Å². The minimum Gasteiger partial charge on any atom is -0.444 e. The standard InChI is InChI=1S/C24H27Cl3N2O2/c1-15(19-7-6-18(25)14-21(19)27)28-22-13-17(5-8-20(22)26)16-9-11-29(12-10-16)23(30)31-24(2,3)4/h5-9,13-15,28H,10-12H2,1-4H3. The summed E-state index contributed by atoms with van der Waals surface area (Å²) in [5.74, 6) is 0. The molecular weight excluding hydrogens is 455 g/mol. The number of rotatable bonds is 4. The van der Waals surface area contributed by atoms with Crippen molar-refractivity contribution in [1.29, 1.82) is 0 Å². The molecule has 1 unspecified atom stereocenters. The highest BCUT2D eigenvalue weighted by Crippen LogP contribution is 2.34. The minimum atomic E-state index is -0.499. The molecule has 1 aliphatic heterocycles. The quantitative estimate of drug-likeness (QED) is 0.483. The summed E-state index contributed by atoms with van der Waals surface area (Å²) in [5.41, 5.74) is 3.52. The summed E-state index contributed by atoms with van der Waals surface area (Å²) >= 11 is 18.8. The molecular formula is C24H27Cl3N2O2. The largest absolute Gasteiger partial charge is 0.444 e. The zero-order valence-corrected chi connectivity index (χ0v) is 20.4. The van der Waals surface area contributed by atoms with E-state index in [0.29, 0.717) is 28.2 Å². The molecule has 1 heterocycles. The van der Waals surface area contributed by atoms with E-state index in [4.69, 9.17) is 39.5 Å². The van der Waals surface area contributed by atoms with Crippen LogP contribution < -0.4 is 5.32 Å². The van der Waals surface area contributed by atoms with E-state index in [1.165, 1.54) is 5.57 Å². The lowest BCUT2D eigenvalue weighted by Crippen LogP contribution is -2.39. The maximum absolute atomic E-state index is 12.3. The van der Waals surface area contributed by atoms with Crippen LogP contribution in [0.5, 0.6) is 0 Å². The van der Waals surface area contributed by atoms with E-state index in [9.17, 15) is 4.79 Å². The third kappa shape index (κ3) is 6.31. The fourth-order valence-electron chi connectivity index (χ4n) is 3.42. The number of carbonyl (C=O) groups excluding carboxylic acids is 1. The first kappa shape index (κ1) is 23.8. The lowest BCUT2D eigenvalue weighted by atomic mass is 9.98. The third-order valence-corrected chi connectivity index (χ3v) is 5.89. The molecule has 1 N–H and O–H groups in total. The van der Waals surface area contributed by atoms with Crippen molar-refractivity contribution in [2.24, 2.45) is 0 Å². The normalized spacial score (nSPS) is 15.3. The second-order valence-corrected chi connectivity index (χ2v) is 9.88. The second kappa shape index (κ2) is 9.72. The average molecular weight is 482 g/mol. The number of hydrogen-bond acceptors (Lipinski definition) is 3. The van der Waals surface area contributed by atoms with Gasteiger partial charge in [-0.2, -0.15) is 0 Å². The SMILES string of the molecule is CC(Nc1cc(C2=CCN(C(=O)OC(C)(C)C)CC2)ccc1Cl)c1ccc(Cl)cc1Cl. The van der Waals surface area contributed by atoms with Crippen LogP contribution >= 0.6 is 34.8 Å². The van der Waals surface area contributed by atoms with Crippen LogP contribution in [0.4, 0.5) is 10.5 Å². The Hall–Kier alpha value is -1.88. The number of nitrogens with one attached hydrogen (secondary N) is 1. The Morgan fingerprint density at radius 3 is 2.45 bits per heavy atom. The monoisotopic (exact) mass is 480 g/mol. The predicted octanol–water partition coefficient (Wildman–Crippen LogP) is 7.84. The summed E-state index contributed by atoms with van der Waals surface area (Å²) in [4.78, 5) is 14.0. The van der Waals surface area contributed by atoms with Crippen molar-refractivity contribution < 1.29 is 9.53 Å². The van der Waals surface area contributed by atoms with Gasteiger partial charge in [0.1, 0.15) is 5.60 Å². The number of amides is 1. The number of halogens is 3. The van der Waals surface area contributed by atoms with Crippen LogP contribution in [0.25, 0.3) is 5.57 Å². The fourth-order valence-corrected chi connectivity index (χ4v) is 4.17. The topological polar surface area (TPSA) is 41.6 Å². The van der Waals surface area contributed by atoms with Gasteiger partial charge in [-0.3, -0.25) is 0 Å². The Balaban J connectivity index is 1.73. The summed E-state index contributed by atoms with van der Waals surface area (Å²) < 4.78 is 5.47. The number of anilines is 1. The van der Waals surface area contributed by atoms with Crippen molar-refractivity contribution >= 4 is 52.2 Å². The molecule has 0 saturated heterocycles. The van der Waals surface area contributed by atoms with Gasteiger partial charge in [-0.1, -0.05) is 53.0 Å². The molecule has 7 heteroatoms. The van der Waals surface area contributed by atoms with Crippen LogP contribution in [0, 0.1) is 0 Å². The molecule has 1 amide bonds. The molecule has 0 aromatic heterocycles. The fraction of sp³-hybridized carbons (Fsp3) is 0.375. The van der Waals surface area contributed by atoms with Gasteiger partial charge in [-0.15, -0.1) is 0 Å². The molecule has 0 bridgehead atoms. The van der Waals surface area contributed by atoms with Gasteiger partial charge in [0.05, 0.1) is 16.8 Å². The highest BCUT2D eigenvalue weighted by molar-refractivity contribution is 6.35. The van der Waals surface area contributed by atoms with Crippen LogP contribution in [0.1, 0.15) is 51.3 Å². The van der Waals surface area contributed by atoms with E-state index in [1.54, 1.807) is 11.0 Å². The van der Waals surface area contributed by atoms with Gasteiger partial charge in [0.2, 0.25) is 0 Å². The number of ether oxygens (including phenoxy) is 1. The summed E-state index contributed by atoms with van der Waals surface area (Å²) in [6.07, 6.45) is 2.54. The van der Waals surface area contributed by atoms with Crippen molar-refractivity contribution in [3.63, 3.8) is 0 Å². The van der Waals surface area contributed by atoms with E-state index < -0.39 is 5.60 Å². The second-order valence-electron chi connectivity index (χ2n) is 8.63. The molecule has 4 nitrogen and oxygen atoms in total. The first-order valence-electron chi connectivity index (χ1n) is 10.2. The first-order valence-corrected chi connectivity index (χ1v) is 11.4. The van der Waals surface area contributed by atoms with Crippen molar-refractivity contribution in [2.45, 2.75) is 45.8 Å². The number of hydrogen-bond donors (Lipinski definition) is 1. The van der Waals surface area contributed by atoms with E-state index in [-0.39, 0.29) is 12.1 Å². The van der Waals surface area contributed by atoms with Crippen molar-refractivity contribution in [3.8, 4) is 0 Å². The summed E-state index contributed by atoms with van der Waals surface area (Å²) in [6, 6.07) is 11.3. The Kier molecular flexibility index (Phi) is 7.46. The zero-order valence-electron chi connectivity index (χ0n) is 18.1. The highest BCUT2D eigenvalue weighted by atomic mass is 35.5. The summed E-state index contributed by atoms with van der Waals surface area (Å²) in [7, 11) is 0. The molecule has 0 aliphatic carbocycles. The highest BCUT2D eigenvalue weighted by Gasteiger charge is 2.24. The zero-order chi connectivity index (χ0) is 22.8. The first-order chi connectivity index (χ1) is 14.5. The molecule has 0 radical (unpaired) electrons. The Labute approximate surface area is 199 Å². The van der Waals surface area contributed by atoms with E-state index >= 15 is 0 Å². The maximum atomic E-state index is 12.3. The molecule has 1 atom stereocenters. The Morgan fingerprint density at radius 2 is 1.84 bits per heavy atom. The lowest BCUT2D eigenvalue weighted by Gasteiger charge is -2.29. The lowest BCUT2D eigenvalue weighted by molar-refractivity contribution is 0.0270. The molecule has 166 valence electrons. The molecule has 2 aromatic carbocycles. The smallest absolute Gasteiger partial charge is 0.410 e. The molecule has 1 aliphatic rings. The number of benzene rings is 2. The van der Waals surface area contributed by atoms with Crippen molar-refractivity contribution in [2.75, 3.05) is 18.4 Å². The van der Waals surface area contributed by atoms with Crippen molar-refractivity contribution in [1.82, 2.24) is 4.90 Å².